The molecule has 0 amide bonds. The van der Waals surface area contributed by atoms with Gasteiger partial charge in [-0.25, -0.2) is 9.97 Å². The van der Waals surface area contributed by atoms with E-state index in [0.717, 1.165) is 26.6 Å². The van der Waals surface area contributed by atoms with E-state index in [4.69, 9.17) is 15.0 Å². The molecule has 204 valence electrons. The number of aliphatic hydroxyl groups is 3. The summed E-state index contributed by atoms with van der Waals surface area (Å²) in [4.78, 5) is 31.1. The zero-order chi connectivity index (χ0) is 27.1. The van der Waals surface area contributed by atoms with Crippen molar-refractivity contribution in [3.63, 3.8) is 0 Å². The first-order valence-corrected chi connectivity index (χ1v) is 14.2. The molecule has 0 aliphatic heterocycles. The van der Waals surface area contributed by atoms with E-state index < -0.39 is 30.3 Å². The minimum Gasteiger partial charge on any atom is -0.390 e. The number of anilines is 2. The van der Waals surface area contributed by atoms with Crippen LogP contribution < -0.4 is 10.6 Å². The van der Waals surface area contributed by atoms with Crippen molar-refractivity contribution in [3.05, 3.63) is 23.7 Å². The molecule has 3 aromatic heterocycles. The summed E-state index contributed by atoms with van der Waals surface area (Å²) in [5.41, 5.74) is 3.08. The molecule has 3 aromatic rings. The van der Waals surface area contributed by atoms with Gasteiger partial charge in [0.25, 0.3) is 0 Å². The molecule has 0 radical (unpaired) electrons. The fraction of sp³-hybridized carbons (Fsp3) is 0.593. The van der Waals surface area contributed by atoms with E-state index in [0.29, 0.717) is 29.7 Å². The number of hydrogen-bond acceptors (Lipinski definition) is 11. The fourth-order valence-corrected chi connectivity index (χ4v) is 6.45. The van der Waals surface area contributed by atoms with Crippen LogP contribution in [0, 0.1) is 25.7 Å². The van der Waals surface area contributed by atoms with Crippen LogP contribution in [-0.4, -0.2) is 71.4 Å². The highest BCUT2D eigenvalue weighted by Gasteiger charge is 2.46. The third-order valence-electron chi connectivity index (χ3n) is 7.76. The van der Waals surface area contributed by atoms with Gasteiger partial charge in [-0.2, -0.15) is 4.98 Å². The topological polar surface area (TPSA) is 153 Å². The molecule has 0 aromatic carbocycles. The number of ketones is 1. The first-order valence-electron chi connectivity index (χ1n) is 13.4. The van der Waals surface area contributed by atoms with Crippen molar-refractivity contribution in [2.75, 3.05) is 10.6 Å². The van der Waals surface area contributed by atoms with Crippen molar-refractivity contribution in [2.24, 2.45) is 11.8 Å². The third-order valence-corrected chi connectivity index (χ3v) is 8.80. The van der Waals surface area contributed by atoms with Crippen LogP contribution in [0.3, 0.4) is 0 Å². The number of pyridine rings is 1. The maximum Gasteiger partial charge on any atom is 0.225 e. The molecule has 2 fully saturated rings. The molecule has 5 N–H and O–H groups in total. The van der Waals surface area contributed by atoms with Crippen LogP contribution in [0.15, 0.2) is 12.3 Å². The van der Waals surface area contributed by atoms with Crippen molar-refractivity contribution < 1.29 is 20.1 Å². The second-order valence-corrected chi connectivity index (χ2v) is 11.7. The summed E-state index contributed by atoms with van der Waals surface area (Å²) in [7, 11) is 0. The standard InChI is InChI=1S/C27H36N6O4S/c1-5-6-18(34)22(35)16-11-17(24(37)23(16)36)31-25-20(26-32-21-14(4)28-10-9-19(21)38-26)13(3)30-27(33-25)29-12(2)15-7-8-15/h9-10,12,15-17,22-24,35-37H,5-8,11H2,1-4H3,(H2,29,30,31,33)/t12-,16-,17-,22?,23-,24+/m1/s1. The number of aryl methyl sites for hydroxylation is 2. The van der Waals surface area contributed by atoms with E-state index in [9.17, 15) is 20.1 Å². The number of carbonyl (C=O) groups excluding carboxylic acids is 1. The summed E-state index contributed by atoms with van der Waals surface area (Å²) in [6, 6.07) is 1.53. The van der Waals surface area contributed by atoms with Crippen molar-refractivity contribution in [1.29, 1.82) is 0 Å². The van der Waals surface area contributed by atoms with Crippen LogP contribution in [-0.2, 0) is 4.79 Å². The summed E-state index contributed by atoms with van der Waals surface area (Å²) < 4.78 is 0.997. The minimum atomic E-state index is -1.32. The quantitative estimate of drug-likeness (QED) is 0.259. The number of thiazole rings is 1. The highest BCUT2D eigenvalue weighted by molar-refractivity contribution is 7.21. The Labute approximate surface area is 226 Å². The van der Waals surface area contributed by atoms with Crippen molar-refractivity contribution >= 4 is 39.1 Å². The Bertz CT molecular complexity index is 1330. The van der Waals surface area contributed by atoms with Gasteiger partial charge >= 0.3 is 0 Å². The summed E-state index contributed by atoms with van der Waals surface area (Å²) in [6.45, 7) is 7.81. The van der Waals surface area contributed by atoms with Crippen LogP contribution in [0.5, 0.6) is 0 Å². The Morgan fingerprint density at radius 3 is 2.61 bits per heavy atom. The smallest absolute Gasteiger partial charge is 0.225 e. The van der Waals surface area contributed by atoms with E-state index in [1.165, 1.54) is 24.2 Å². The van der Waals surface area contributed by atoms with Crippen LogP contribution in [0.4, 0.5) is 11.8 Å². The molecule has 0 spiro atoms. The number of carbonyl (C=O) groups is 1. The zero-order valence-electron chi connectivity index (χ0n) is 22.2. The number of Topliss-reactive ketones (excluding diaryl/α,β-unsaturated/α-hetero) is 1. The number of nitrogens with one attached hydrogen (secondary N) is 2. The molecule has 1 unspecified atom stereocenters. The van der Waals surface area contributed by atoms with Crippen molar-refractivity contribution in [1.82, 2.24) is 19.9 Å². The van der Waals surface area contributed by atoms with E-state index in [1.807, 2.05) is 26.8 Å². The maximum absolute atomic E-state index is 12.3. The predicted molar refractivity (Wildman–Crippen MR) is 147 cm³/mol. The second-order valence-electron chi connectivity index (χ2n) is 10.7. The normalized spacial score (nSPS) is 24.9. The molecule has 2 aliphatic carbocycles. The lowest BCUT2D eigenvalue weighted by molar-refractivity contribution is -0.132. The van der Waals surface area contributed by atoms with E-state index >= 15 is 0 Å². The minimum absolute atomic E-state index is 0.214. The van der Waals surface area contributed by atoms with Crippen molar-refractivity contribution in [3.8, 4) is 10.6 Å². The molecular formula is C27H36N6O4S. The summed E-state index contributed by atoms with van der Waals surface area (Å²) in [6.07, 6.45) is 1.43. The molecular weight excluding hydrogens is 504 g/mol. The Morgan fingerprint density at radius 1 is 1.16 bits per heavy atom. The van der Waals surface area contributed by atoms with Crippen LogP contribution in [0.2, 0.25) is 0 Å². The van der Waals surface area contributed by atoms with Crippen LogP contribution in [0.25, 0.3) is 20.8 Å². The largest absolute Gasteiger partial charge is 0.390 e. The lowest BCUT2D eigenvalue weighted by atomic mass is 9.93. The number of fused-ring (bicyclic) bond motifs is 1. The monoisotopic (exact) mass is 540 g/mol. The Hall–Kier alpha value is -2.73. The molecule has 10 nitrogen and oxygen atoms in total. The molecule has 3 heterocycles. The lowest BCUT2D eigenvalue weighted by Crippen LogP contribution is -2.39. The van der Waals surface area contributed by atoms with Gasteiger partial charge in [-0.3, -0.25) is 9.78 Å². The van der Waals surface area contributed by atoms with Gasteiger partial charge in [-0.05, 0) is 58.4 Å². The van der Waals surface area contributed by atoms with Gasteiger partial charge < -0.3 is 26.0 Å². The second kappa shape index (κ2) is 10.8. The first kappa shape index (κ1) is 26.9. The van der Waals surface area contributed by atoms with Gasteiger partial charge in [0.15, 0.2) is 5.78 Å². The highest BCUT2D eigenvalue weighted by Crippen LogP contribution is 2.40. The Kier molecular flexibility index (Phi) is 7.63. The predicted octanol–water partition coefficient (Wildman–Crippen LogP) is 3.23. The molecule has 2 aliphatic rings. The average Bonchev–Trinajstić information content (AvgIpc) is 3.59. The van der Waals surface area contributed by atoms with Crippen LogP contribution in [0.1, 0.15) is 57.3 Å². The first-order chi connectivity index (χ1) is 18.2. The lowest BCUT2D eigenvalue weighted by Gasteiger charge is -2.22. The highest BCUT2D eigenvalue weighted by atomic mass is 32.1. The molecule has 6 atom stereocenters. The van der Waals surface area contributed by atoms with Gasteiger partial charge in [0.05, 0.1) is 33.8 Å². The number of aliphatic hydroxyl groups excluding tert-OH is 3. The van der Waals surface area contributed by atoms with Gasteiger partial charge in [0.1, 0.15) is 28.6 Å². The van der Waals surface area contributed by atoms with Gasteiger partial charge in [0.2, 0.25) is 5.95 Å². The Balaban J connectivity index is 1.50. The summed E-state index contributed by atoms with van der Waals surface area (Å²) >= 11 is 1.51. The number of hydrogen-bond donors (Lipinski definition) is 5. The number of rotatable bonds is 10. The molecule has 2 saturated carbocycles. The van der Waals surface area contributed by atoms with Gasteiger partial charge in [-0.1, -0.05) is 6.92 Å². The van der Waals surface area contributed by atoms with Gasteiger partial charge in [-0.15, -0.1) is 11.3 Å². The van der Waals surface area contributed by atoms with Gasteiger partial charge in [0, 0.05) is 24.6 Å². The fourth-order valence-electron chi connectivity index (χ4n) is 5.34. The number of nitrogens with zero attached hydrogens (tertiary/aromatic N) is 4. The van der Waals surface area contributed by atoms with Crippen LogP contribution >= 0.6 is 11.3 Å². The molecule has 38 heavy (non-hydrogen) atoms. The van der Waals surface area contributed by atoms with Crippen molar-refractivity contribution in [2.45, 2.75) is 90.2 Å². The molecule has 0 bridgehead atoms. The third kappa shape index (κ3) is 5.25. The zero-order valence-corrected chi connectivity index (χ0v) is 23.0. The average molecular weight is 541 g/mol. The van der Waals surface area contributed by atoms with E-state index in [2.05, 4.69) is 22.5 Å². The SMILES string of the molecule is CCCC(=O)C(O)[C@H]1C[C@@H](Nc2nc(N[C@H](C)C3CC3)nc(C)c2-c2nc3c(C)nccc3s2)[C@H](O)[C@@H]1O. The van der Waals surface area contributed by atoms with E-state index in [1.54, 1.807) is 6.20 Å². The summed E-state index contributed by atoms with van der Waals surface area (Å²) in [5.74, 6) is 0.483. The molecule has 5 rings (SSSR count). The summed E-state index contributed by atoms with van der Waals surface area (Å²) in [5, 5.41) is 39.7. The molecule has 11 heteroatoms. The molecule has 0 saturated heterocycles. The maximum atomic E-state index is 12.3. The Morgan fingerprint density at radius 2 is 1.92 bits per heavy atom. The number of aromatic nitrogens is 4. The van der Waals surface area contributed by atoms with E-state index in [-0.39, 0.29) is 24.7 Å².